The van der Waals surface area contributed by atoms with E-state index in [1.807, 2.05) is 0 Å². The molecular formula is C28H20Cl2F3N3O4. The van der Waals surface area contributed by atoms with Gasteiger partial charge in [-0.1, -0.05) is 59.6 Å². The number of benzene rings is 3. The lowest BCUT2D eigenvalue weighted by molar-refractivity contribution is -0.137. The summed E-state index contributed by atoms with van der Waals surface area (Å²) in [7, 11) is 0. The second-order valence-corrected chi connectivity index (χ2v) is 9.33. The molecule has 1 unspecified atom stereocenters. The molecule has 4 rings (SSSR count). The van der Waals surface area contributed by atoms with Crippen LogP contribution in [0.1, 0.15) is 50.2 Å². The van der Waals surface area contributed by atoms with E-state index in [2.05, 4.69) is 10.3 Å². The third kappa shape index (κ3) is 5.73. The third-order valence-electron chi connectivity index (χ3n) is 5.99. The number of nitrogens with two attached hydrogens (primary N) is 1. The first kappa shape index (κ1) is 28.8. The first-order valence-electron chi connectivity index (χ1n) is 11.7. The number of amides is 2. The van der Waals surface area contributed by atoms with Gasteiger partial charge in [0.05, 0.1) is 50.5 Å². The Bertz CT molecular complexity index is 1620. The molecule has 12 heteroatoms. The van der Waals surface area contributed by atoms with E-state index in [4.69, 9.17) is 33.7 Å². The van der Waals surface area contributed by atoms with Gasteiger partial charge in [-0.25, -0.2) is 4.79 Å². The van der Waals surface area contributed by atoms with Crippen LogP contribution < -0.4 is 11.1 Å². The molecule has 2 amide bonds. The van der Waals surface area contributed by atoms with E-state index in [1.54, 1.807) is 13.0 Å². The highest BCUT2D eigenvalue weighted by Gasteiger charge is 2.34. The molecule has 7 nitrogen and oxygen atoms in total. The Morgan fingerprint density at radius 2 is 1.68 bits per heavy atom. The molecule has 0 saturated heterocycles. The van der Waals surface area contributed by atoms with Crippen molar-refractivity contribution in [3.63, 3.8) is 0 Å². The fourth-order valence-corrected chi connectivity index (χ4v) is 4.86. The molecule has 0 aliphatic heterocycles. The highest BCUT2D eigenvalue weighted by atomic mass is 35.5. The number of hydrogen-bond acceptors (Lipinski definition) is 5. The lowest BCUT2D eigenvalue weighted by Crippen LogP contribution is -2.26. The molecular weight excluding hydrogens is 570 g/mol. The lowest BCUT2D eigenvalue weighted by atomic mass is 9.84. The number of para-hydroxylation sites is 1. The topological polar surface area (TPSA) is 111 Å². The highest BCUT2D eigenvalue weighted by molar-refractivity contribution is 6.40. The molecule has 40 heavy (non-hydrogen) atoms. The van der Waals surface area contributed by atoms with Crippen LogP contribution in [0, 0.1) is 0 Å². The summed E-state index contributed by atoms with van der Waals surface area (Å²) in [4.78, 5) is 43.1. The number of halogens is 5. The molecule has 0 saturated carbocycles. The smallest absolute Gasteiger partial charge is 0.416 e. The number of carbonyl (C=O) groups excluding carboxylic acids is 3. The predicted molar refractivity (Wildman–Crippen MR) is 145 cm³/mol. The van der Waals surface area contributed by atoms with Gasteiger partial charge < -0.3 is 15.8 Å². The molecule has 3 aromatic carbocycles. The minimum atomic E-state index is -4.69. The molecule has 3 N–H and O–H groups in total. The number of anilines is 1. The summed E-state index contributed by atoms with van der Waals surface area (Å²) in [5.74, 6) is -4.04. The van der Waals surface area contributed by atoms with Crippen molar-refractivity contribution in [3.05, 3.63) is 105 Å². The van der Waals surface area contributed by atoms with Crippen LogP contribution in [-0.2, 0) is 15.7 Å². The zero-order valence-corrected chi connectivity index (χ0v) is 22.2. The summed E-state index contributed by atoms with van der Waals surface area (Å²) in [6.07, 6.45) is -3.57. The zero-order chi connectivity index (χ0) is 29.2. The fraction of sp³-hybridized carbons (Fsp3) is 0.143. The van der Waals surface area contributed by atoms with Gasteiger partial charge >= 0.3 is 12.1 Å². The number of ether oxygens (including phenoxy) is 1. The summed E-state index contributed by atoms with van der Waals surface area (Å²) in [5, 5.41) is 3.04. The van der Waals surface area contributed by atoms with Crippen molar-refractivity contribution in [2.45, 2.75) is 19.0 Å². The van der Waals surface area contributed by atoms with Gasteiger partial charge in [0.25, 0.3) is 5.91 Å². The van der Waals surface area contributed by atoms with Crippen LogP contribution in [0.2, 0.25) is 10.0 Å². The molecule has 4 aromatic rings. The van der Waals surface area contributed by atoms with Crippen molar-refractivity contribution >= 4 is 57.6 Å². The number of nitrogens with zero attached hydrogens (tertiary/aromatic N) is 1. The number of hydrogen-bond donors (Lipinski definition) is 2. The van der Waals surface area contributed by atoms with Gasteiger partial charge in [0.15, 0.2) is 0 Å². The number of fused-ring (bicyclic) bond motifs is 1. The Hall–Kier alpha value is -4.15. The Labute approximate surface area is 236 Å². The van der Waals surface area contributed by atoms with Crippen LogP contribution in [0.25, 0.3) is 10.9 Å². The summed E-state index contributed by atoms with van der Waals surface area (Å²) in [6, 6.07) is 13.2. The van der Waals surface area contributed by atoms with Gasteiger partial charge in [-0.05, 0) is 42.3 Å². The van der Waals surface area contributed by atoms with Crippen LogP contribution in [0.3, 0.4) is 0 Å². The maximum Gasteiger partial charge on any atom is 0.416 e. The number of rotatable bonds is 7. The van der Waals surface area contributed by atoms with Crippen molar-refractivity contribution < 1.29 is 32.3 Å². The van der Waals surface area contributed by atoms with E-state index >= 15 is 0 Å². The van der Waals surface area contributed by atoms with Crippen LogP contribution in [0.4, 0.5) is 18.9 Å². The van der Waals surface area contributed by atoms with Crippen molar-refractivity contribution in [2.24, 2.45) is 5.73 Å². The average Bonchev–Trinajstić information content (AvgIpc) is 2.88. The summed E-state index contributed by atoms with van der Waals surface area (Å²) >= 11 is 12.3. The van der Waals surface area contributed by atoms with Gasteiger partial charge in [-0.3, -0.25) is 14.6 Å². The summed E-state index contributed by atoms with van der Waals surface area (Å²) in [5.41, 5.74) is 4.71. The fourth-order valence-electron chi connectivity index (χ4n) is 4.29. The number of carbonyl (C=O) groups is 3. The summed E-state index contributed by atoms with van der Waals surface area (Å²) in [6.45, 7) is 1.55. The number of nitrogens with one attached hydrogen (secondary N) is 1. The molecule has 1 heterocycles. The largest absolute Gasteiger partial charge is 0.462 e. The van der Waals surface area contributed by atoms with Crippen LogP contribution in [-0.4, -0.2) is 29.4 Å². The Balaban J connectivity index is 1.95. The molecule has 0 aliphatic rings. The van der Waals surface area contributed by atoms with Crippen molar-refractivity contribution in [1.82, 2.24) is 4.98 Å². The Morgan fingerprint density at radius 1 is 1.02 bits per heavy atom. The average molecular weight is 590 g/mol. The molecule has 1 atom stereocenters. The lowest BCUT2D eigenvalue weighted by Gasteiger charge is -2.21. The normalized spacial score (nSPS) is 12.2. The van der Waals surface area contributed by atoms with Crippen molar-refractivity contribution in [3.8, 4) is 0 Å². The molecule has 0 aliphatic carbocycles. The standard InChI is InChI=1S/C28H20Cl2F3N3O4/c1-2-40-27(39)17-13-35-24-16(8-4-11-20(24)36-26(38)23-18(29)9-5-10-19(23)30)22(17)21(25(34)37)14-6-3-7-15(12-14)28(31,32)33/h3-13,21H,2H2,1H3,(H2,34,37)(H,36,38). The van der Waals surface area contributed by atoms with Gasteiger partial charge in [0, 0.05) is 11.6 Å². The quantitative estimate of drug-likeness (QED) is 0.236. The highest BCUT2D eigenvalue weighted by Crippen LogP contribution is 2.38. The predicted octanol–water partition coefficient (Wildman–Crippen LogP) is 6.61. The molecule has 0 spiro atoms. The van der Waals surface area contributed by atoms with Gasteiger partial charge in [-0.2, -0.15) is 13.2 Å². The van der Waals surface area contributed by atoms with Crippen LogP contribution in [0.5, 0.6) is 0 Å². The Kier molecular flexibility index (Phi) is 8.32. The molecule has 0 radical (unpaired) electrons. The van der Waals surface area contributed by atoms with E-state index in [0.29, 0.717) is 0 Å². The minimum absolute atomic E-state index is 0.00480. The monoisotopic (exact) mass is 589 g/mol. The first-order chi connectivity index (χ1) is 18.9. The number of alkyl halides is 3. The van der Waals surface area contributed by atoms with Crippen LogP contribution in [0.15, 0.2) is 66.9 Å². The van der Waals surface area contributed by atoms with Crippen molar-refractivity contribution in [2.75, 3.05) is 11.9 Å². The summed E-state index contributed by atoms with van der Waals surface area (Å²) < 4.78 is 45.7. The third-order valence-corrected chi connectivity index (χ3v) is 6.62. The van der Waals surface area contributed by atoms with Gasteiger partial charge in [-0.15, -0.1) is 0 Å². The zero-order valence-electron chi connectivity index (χ0n) is 20.7. The van der Waals surface area contributed by atoms with E-state index in [0.717, 1.165) is 24.4 Å². The number of pyridine rings is 1. The van der Waals surface area contributed by atoms with E-state index in [-0.39, 0.29) is 55.5 Å². The number of aromatic nitrogens is 1. The molecule has 206 valence electrons. The molecule has 1 aromatic heterocycles. The van der Waals surface area contributed by atoms with Gasteiger partial charge in [0.1, 0.15) is 0 Å². The second kappa shape index (κ2) is 11.5. The molecule has 0 fully saturated rings. The van der Waals surface area contributed by atoms with E-state index in [9.17, 15) is 27.6 Å². The Morgan fingerprint density at radius 3 is 2.30 bits per heavy atom. The maximum absolute atomic E-state index is 13.5. The second-order valence-electron chi connectivity index (χ2n) is 8.52. The molecule has 0 bridgehead atoms. The van der Waals surface area contributed by atoms with Gasteiger partial charge in [0.2, 0.25) is 5.91 Å². The van der Waals surface area contributed by atoms with Crippen LogP contribution >= 0.6 is 23.2 Å². The SMILES string of the molecule is CCOC(=O)c1cnc2c(NC(=O)c3c(Cl)cccc3Cl)cccc2c1C(C(N)=O)c1cccc(C(F)(F)F)c1. The number of primary amides is 1. The number of esters is 1. The minimum Gasteiger partial charge on any atom is -0.462 e. The maximum atomic E-state index is 13.5. The van der Waals surface area contributed by atoms with Crippen molar-refractivity contribution in [1.29, 1.82) is 0 Å². The first-order valence-corrected chi connectivity index (χ1v) is 12.5. The van der Waals surface area contributed by atoms with E-state index in [1.165, 1.54) is 36.4 Å². The van der Waals surface area contributed by atoms with E-state index < -0.39 is 35.4 Å².